The Morgan fingerprint density at radius 2 is 1.88 bits per heavy atom. The summed E-state index contributed by atoms with van der Waals surface area (Å²) in [5.41, 5.74) is 0. The smallest absolute Gasteiger partial charge is 0.191 e. The first-order valence-electron chi connectivity index (χ1n) is 5.42. The zero-order valence-electron chi connectivity index (χ0n) is 8.72. The maximum atomic E-state index is 12.4. The number of sulfone groups is 1. The summed E-state index contributed by atoms with van der Waals surface area (Å²) in [6, 6.07) is 8.31. The second kappa shape index (κ2) is 2.94. The Balaban J connectivity index is 2.12. The summed E-state index contributed by atoms with van der Waals surface area (Å²) in [5.74, 6) is -0.00782. The molecule has 2 atom stereocenters. The molecule has 0 saturated heterocycles. The number of hydrogen-bond acceptors (Lipinski definition) is 3. The summed E-state index contributed by atoms with van der Waals surface area (Å²) >= 11 is 0. The quantitative estimate of drug-likeness (QED) is 0.783. The standard InChI is InChI=1S/C12H12O3S/c13-11-7-6-9-8-12(9,11)16(14,15)10-4-2-1-3-5-10/h1-5,9H,6-8H2. The molecule has 0 heterocycles. The number of fused-ring (bicyclic) bond motifs is 1. The predicted octanol–water partition coefficient (Wildman–Crippen LogP) is 1.58. The average molecular weight is 236 g/mol. The monoisotopic (exact) mass is 236 g/mol. The van der Waals surface area contributed by atoms with Crippen LogP contribution in [0.25, 0.3) is 0 Å². The molecule has 2 saturated carbocycles. The first-order chi connectivity index (χ1) is 7.59. The lowest BCUT2D eigenvalue weighted by atomic mass is 10.2. The molecule has 2 aliphatic carbocycles. The highest BCUT2D eigenvalue weighted by Gasteiger charge is 2.71. The van der Waals surface area contributed by atoms with Crippen molar-refractivity contribution in [3.63, 3.8) is 0 Å². The second-order valence-corrected chi connectivity index (χ2v) is 6.78. The van der Waals surface area contributed by atoms with Gasteiger partial charge >= 0.3 is 0 Å². The van der Waals surface area contributed by atoms with Gasteiger partial charge in [0.15, 0.2) is 15.6 Å². The third kappa shape index (κ3) is 1.03. The van der Waals surface area contributed by atoms with Crippen LogP contribution in [0.3, 0.4) is 0 Å². The third-order valence-electron chi connectivity index (χ3n) is 3.77. The molecule has 2 unspecified atom stereocenters. The fourth-order valence-corrected chi connectivity index (χ4v) is 5.10. The van der Waals surface area contributed by atoms with Crippen molar-refractivity contribution in [3.8, 4) is 0 Å². The minimum absolute atomic E-state index is 0.0743. The summed E-state index contributed by atoms with van der Waals surface area (Å²) in [4.78, 5) is 12.1. The maximum absolute atomic E-state index is 12.4. The lowest BCUT2D eigenvalue weighted by Gasteiger charge is -2.12. The summed E-state index contributed by atoms with van der Waals surface area (Å²) in [7, 11) is -3.46. The molecule has 3 rings (SSSR count). The average Bonchev–Trinajstić information content (AvgIpc) is 2.96. The van der Waals surface area contributed by atoms with Gasteiger partial charge in [-0.05, 0) is 30.9 Å². The molecule has 0 N–H and O–H groups in total. The van der Waals surface area contributed by atoms with Gasteiger partial charge < -0.3 is 0 Å². The number of ketones is 1. The van der Waals surface area contributed by atoms with Gasteiger partial charge in [0, 0.05) is 6.42 Å². The normalized spacial score (nSPS) is 32.5. The summed E-state index contributed by atoms with van der Waals surface area (Å²) in [6.07, 6.45) is 1.70. The first-order valence-corrected chi connectivity index (χ1v) is 6.90. The van der Waals surface area contributed by atoms with Gasteiger partial charge in [0.2, 0.25) is 0 Å². The van der Waals surface area contributed by atoms with E-state index in [1.165, 1.54) is 0 Å². The fraction of sp³-hybridized carbons (Fsp3) is 0.417. The molecular formula is C12H12O3S. The molecule has 0 spiro atoms. The Labute approximate surface area is 94.4 Å². The fourth-order valence-electron chi connectivity index (χ4n) is 2.79. The highest BCUT2D eigenvalue weighted by Crippen LogP contribution is 2.60. The number of carbonyl (C=O) groups excluding carboxylic acids is 1. The molecule has 4 heteroatoms. The largest absolute Gasteiger partial charge is 0.298 e. The Hall–Kier alpha value is -1.16. The van der Waals surface area contributed by atoms with E-state index in [1.54, 1.807) is 30.3 Å². The zero-order chi connectivity index (χ0) is 11.4. The van der Waals surface area contributed by atoms with E-state index in [4.69, 9.17) is 0 Å². The highest BCUT2D eigenvalue weighted by molar-refractivity contribution is 7.94. The van der Waals surface area contributed by atoms with Gasteiger partial charge in [-0.1, -0.05) is 18.2 Å². The highest BCUT2D eigenvalue weighted by atomic mass is 32.2. The van der Waals surface area contributed by atoms with Gasteiger partial charge in [-0.25, -0.2) is 8.42 Å². The summed E-state index contributed by atoms with van der Waals surface area (Å²) < 4.78 is 23.7. The summed E-state index contributed by atoms with van der Waals surface area (Å²) in [6.45, 7) is 0. The van der Waals surface area contributed by atoms with Crippen LogP contribution in [-0.2, 0) is 14.6 Å². The molecule has 1 aromatic carbocycles. The molecule has 2 aliphatic rings. The number of carbonyl (C=O) groups is 1. The van der Waals surface area contributed by atoms with E-state index >= 15 is 0 Å². The molecule has 0 radical (unpaired) electrons. The van der Waals surface area contributed by atoms with Crippen molar-refractivity contribution in [1.82, 2.24) is 0 Å². The van der Waals surface area contributed by atoms with Gasteiger partial charge in [0.1, 0.15) is 4.75 Å². The van der Waals surface area contributed by atoms with Crippen LogP contribution in [0.5, 0.6) is 0 Å². The molecule has 84 valence electrons. The zero-order valence-corrected chi connectivity index (χ0v) is 9.53. The Bertz CT molecular complexity index is 547. The molecule has 2 fully saturated rings. The van der Waals surface area contributed by atoms with Crippen molar-refractivity contribution in [2.75, 3.05) is 0 Å². The van der Waals surface area contributed by atoms with Crippen molar-refractivity contribution in [2.24, 2.45) is 5.92 Å². The van der Waals surface area contributed by atoms with E-state index in [1.807, 2.05) is 0 Å². The van der Waals surface area contributed by atoms with Gasteiger partial charge in [-0.3, -0.25) is 4.79 Å². The van der Waals surface area contributed by atoms with Gasteiger partial charge in [0.05, 0.1) is 4.90 Å². The van der Waals surface area contributed by atoms with Crippen molar-refractivity contribution >= 4 is 15.6 Å². The lowest BCUT2D eigenvalue weighted by molar-refractivity contribution is -0.118. The molecule has 1 aromatic rings. The molecule has 0 aromatic heterocycles. The molecule has 3 nitrogen and oxygen atoms in total. The number of Topliss-reactive ketones (excluding diaryl/α,β-unsaturated/α-hetero) is 1. The predicted molar refractivity (Wildman–Crippen MR) is 58.7 cm³/mol. The van der Waals surface area contributed by atoms with Crippen molar-refractivity contribution in [1.29, 1.82) is 0 Å². The van der Waals surface area contributed by atoms with Crippen LogP contribution in [0.15, 0.2) is 35.2 Å². The minimum Gasteiger partial charge on any atom is -0.298 e. The molecular weight excluding hydrogens is 224 g/mol. The third-order valence-corrected chi connectivity index (χ3v) is 6.35. The van der Waals surface area contributed by atoms with E-state index in [2.05, 4.69) is 0 Å². The maximum Gasteiger partial charge on any atom is 0.191 e. The van der Waals surface area contributed by atoms with Crippen LogP contribution in [0.1, 0.15) is 19.3 Å². The Morgan fingerprint density at radius 1 is 1.19 bits per heavy atom. The number of benzene rings is 1. The van der Waals surface area contributed by atoms with Gasteiger partial charge in [-0.2, -0.15) is 0 Å². The van der Waals surface area contributed by atoms with E-state index < -0.39 is 14.6 Å². The molecule has 16 heavy (non-hydrogen) atoms. The second-order valence-electron chi connectivity index (χ2n) is 4.57. The minimum atomic E-state index is -3.46. The van der Waals surface area contributed by atoms with Crippen molar-refractivity contribution in [3.05, 3.63) is 30.3 Å². The topological polar surface area (TPSA) is 51.2 Å². The number of rotatable bonds is 2. The van der Waals surface area contributed by atoms with E-state index in [0.717, 1.165) is 6.42 Å². The SMILES string of the molecule is O=C1CCC2CC12S(=O)(=O)c1ccccc1. The molecule has 0 bridgehead atoms. The first kappa shape index (κ1) is 10.0. The van der Waals surface area contributed by atoms with Gasteiger partial charge in [0.25, 0.3) is 0 Å². The van der Waals surface area contributed by atoms with Crippen LogP contribution in [0.2, 0.25) is 0 Å². The van der Waals surface area contributed by atoms with Crippen molar-refractivity contribution in [2.45, 2.75) is 28.9 Å². The van der Waals surface area contributed by atoms with Crippen molar-refractivity contribution < 1.29 is 13.2 Å². The number of hydrogen-bond donors (Lipinski definition) is 0. The van der Waals surface area contributed by atoms with Crippen LogP contribution in [0, 0.1) is 5.92 Å². The summed E-state index contributed by atoms with van der Waals surface area (Å²) in [5, 5.41) is 0. The lowest BCUT2D eigenvalue weighted by Crippen LogP contribution is -2.31. The van der Waals surface area contributed by atoms with E-state index in [0.29, 0.717) is 12.8 Å². The van der Waals surface area contributed by atoms with Crippen LogP contribution in [0.4, 0.5) is 0 Å². The van der Waals surface area contributed by atoms with Crippen LogP contribution in [-0.4, -0.2) is 18.9 Å². The van der Waals surface area contributed by atoms with Crippen LogP contribution < -0.4 is 0 Å². The molecule has 0 aliphatic heterocycles. The Morgan fingerprint density at radius 3 is 2.38 bits per heavy atom. The van der Waals surface area contributed by atoms with E-state index in [-0.39, 0.29) is 16.6 Å². The molecule has 0 amide bonds. The Kier molecular flexibility index (Phi) is 1.84. The van der Waals surface area contributed by atoms with Gasteiger partial charge in [-0.15, -0.1) is 0 Å². The van der Waals surface area contributed by atoms with Crippen LogP contribution >= 0.6 is 0 Å². The van der Waals surface area contributed by atoms with E-state index in [9.17, 15) is 13.2 Å².